The van der Waals surface area contributed by atoms with Gasteiger partial charge in [-0.2, -0.15) is 0 Å². The molecule has 1 aliphatic carbocycles. The van der Waals surface area contributed by atoms with E-state index in [0.29, 0.717) is 0 Å². The fraction of sp³-hybridized carbons (Fsp3) is 0.588. The average Bonchev–Trinajstić information content (AvgIpc) is 2.36. The number of fused-ring (bicyclic) bond motifs is 1. The highest BCUT2D eigenvalue weighted by molar-refractivity contribution is 6.74. The minimum atomic E-state index is -1.90. The molecule has 0 saturated carbocycles. The summed E-state index contributed by atoms with van der Waals surface area (Å²) in [5.41, 5.74) is 2.06. The number of carboxylic acids is 1. The molecule has 0 aromatic heterocycles. The van der Waals surface area contributed by atoms with Gasteiger partial charge >= 0.3 is 5.97 Å². The molecule has 0 heterocycles. The third-order valence-electron chi connectivity index (χ3n) is 4.93. The molecule has 116 valence electrons. The van der Waals surface area contributed by atoms with Gasteiger partial charge in [-0.3, -0.25) is 4.79 Å². The van der Waals surface area contributed by atoms with Gasteiger partial charge in [0.15, 0.2) is 0 Å². The van der Waals surface area contributed by atoms with Crippen LogP contribution in [0.2, 0.25) is 18.1 Å². The second-order valence-corrected chi connectivity index (χ2v) is 12.2. The predicted molar refractivity (Wildman–Crippen MR) is 87.6 cm³/mol. The molecule has 1 atom stereocenters. The molecule has 2 rings (SSSR count). The van der Waals surface area contributed by atoms with E-state index in [-0.39, 0.29) is 11.0 Å². The van der Waals surface area contributed by atoms with Crippen molar-refractivity contribution in [3.63, 3.8) is 0 Å². The molecular formula is C17H26O3Si. The van der Waals surface area contributed by atoms with Crippen molar-refractivity contribution in [1.29, 1.82) is 0 Å². The summed E-state index contributed by atoms with van der Waals surface area (Å²) >= 11 is 0. The lowest BCUT2D eigenvalue weighted by Crippen LogP contribution is -2.44. The molecule has 3 nitrogen and oxygen atoms in total. The first-order valence-electron chi connectivity index (χ1n) is 7.67. The van der Waals surface area contributed by atoms with Crippen molar-refractivity contribution in [2.45, 2.75) is 64.1 Å². The van der Waals surface area contributed by atoms with Gasteiger partial charge in [0.1, 0.15) is 5.75 Å². The molecule has 0 saturated heterocycles. The maximum absolute atomic E-state index is 11.4. The largest absolute Gasteiger partial charge is 0.543 e. The molecule has 0 spiro atoms. The molecule has 1 N–H and O–H groups in total. The number of carbonyl (C=O) groups is 1. The maximum atomic E-state index is 11.4. The van der Waals surface area contributed by atoms with Gasteiger partial charge in [0.25, 0.3) is 0 Å². The Kier molecular flexibility index (Phi) is 4.20. The summed E-state index contributed by atoms with van der Waals surface area (Å²) in [5, 5.41) is 9.54. The van der Waals surface area contributed by atoms with Crippen molar-refractivity contribution in [2.24, 2.45) is 0 Å². The normalized spacial score (nSPS) is 19.0. The van der Waals surface area contributed by atoms with E-state index in [2.05, 4.69) is 33.9 Å². The quantitative estimate of drug-likeness (QED) is 0.832. The van der Waals surface area contributed by atoms with Crippen LogP contribution in [-0.4, -0.2) is 19.4 Å². The van der Waals surface area contributed by atoms with Crippen LogP contribution in [0.25, 0.3) is 0 Å². The van der Waals surface area contributed by atoms with Gasteiger partial charge in [0.2, 0.25) is 8.32 Å². The van der Waals surface area contributed by atoms with Crippen LogP contribution in [0.5, 0.6) is 5.75 Å². The van der Waals surface area contributed by atoms with E-state index in [9.17, 15) is 9.90 Å². The molecule has 1 unspecified atom stereocenters. The van der Waals surface area contributed by atoms with Crippen LogP contribution in [0.15, 0.2) is 18.2 Å². The molecule has 1 aromatic rings. The standard InChI is InChI=1S/C17H26O3Si/c1-17(2,3)21(4,5)20-15-11-7-8-12-13(15)9-6-10-14(12)16(18)19/h7-8,11,14H,6,9-10H2,1-5H3,(H,18,19). The topological polar surface area (TPSA) is 46.5 Å². The third-order valence-corrected chi connectivity index (χ3v) is 9.28. The number of hydrogen-bond donors (Lipinski definition) is 1. The Labute approximate surface area is 128 Å². The third kappa shape index (κ3) is 3.15. The summed E-state index contributed by atoms with van der Waals surface area (Å²) in [6.07, 6.45) is 2.57. The van der Waals surface area contributed by atoms with Crippen LogP contribution in [0.4, 0.5) is 0 Å². The van der Waals surface area contributed by atoms with Crippen molar-refractivity contribution in [3.05, 3.63) is 29.3 Å². The van der Waals surface area contributed by atoms with Gasteiger partial charge in [0.05, 0.1) is 5.92 Å². The number of benzene rings is 1. The zero-order valence-corrected chi connectivity index (χ0v) is 14.7. The molecule has 1 aliphatic rings. The average molecular weight is 306 g/mol. The summed E-state index contributed by atoms with van der Waals surface area (Å²) in [6, 6.07) is 5.89. The van der Waals surface area contributed by atoms with E-state index < -0.39 is 14.3 Å². The first-order valence-corrected chi connectivity index (χ1v) is 10.6. The molecule has 0 fully saturated rings. The first-order chi connectivity index (χ1) is 9.63. The highest BCUT2D eigenvalue weighted by Crippen LogP contribution is 2.41. The van der Waals surface area contributed by atoms with Gasteiger partial charge in [-0.25, -0.2) is 0 Å². The molecular weight excluding hydrogens is 280 g/mol. The van der Waals surface area contributed by atoms with Crippen molar-refractivity contribution in [3.8, 4) is 5.75 Å². The van der Waals surface area contributed by atoms with E-state index in [0.717, 1.165) is 36.1 Å². The minimum Gasteiger partial charge on any atom is -0.543 e. The SMILES string of the molecule is CC(C)(C)[Si](C)(C)Oc1cccc2c1CCCC2C(=O)O. The maximum Gasteiger partial charge on any atom is 0.310 e. The highest BCUT2D eigenvalue weighted by Gasteiger charge is 2.40. The molecule has 0 bridgehead atoms. The lowest BCUT2D eigenvalue weighted by atomic mass is 9.82. The summed E-state index contributed by atoms with van der Waals surface area (Å²) < 4.78 is 6.44. The number of carboxylic acid groups (broad SMARTS) is 1. The second kappa shape index (κ2) is 5.48. The van der Waals surface area contributed by atoms with Gasteiger partial charge in [-0.15, -0.1) is 0 Å². The Bertz CT molecular complexity index is 543. The molecule has 0 aliphatic heterocycles. The fourth-order valence-corrected chi connectivity index (χ4v) is 3.64. The number of aliphatic carboxylic acids is 1. The monoisotopic (exact) mass is 306 g/mol. The Morgan fingerprint density at radius 2 is 2.00 bits per heavy atom. The lowest BCUT2D eigenvalue weighted by Gasteiger charge is -2.38. The van der Waals surface area contributed by atoms with Crippen molar-refractivity contribution in [2.75, 3.05) is 0 Å². The fourth-order valence-electron chi connectivity index (χ4n) is 2.60. The Hall–Kier alpha value is -1.29. The van der Waals surface area contributed by atoms with E-state index in [4.69, 9.17) is 4.43 Å². The van der Waals surface area contributed by atoms with E-state index in [1.807, 2.05) is 18.2 Å². The Balaban J connectivity index is 2.39. The number of hydrogen-bond acceptors (Lipinski definition) is 2. The van der Waals surface area contributed by atoms with Crippen LogP contribution >= 0.6 is 0 Å². The van der Waals surface area contributed by atoms with Crippen molar-refractivity contribution >= 4 is 14.3 Å². The Morgan fingerprint density at radius 1 is 1.33 bits per heavy atom. The lowest BCUT2D eigenvalue weighted by molar-refractivity contribution is -0.139. The van der Waals surface area contributed by atoms with Crippen LogP contribution < -0.4 is 4.43 Å². The van der Waals surface area contributed by atoms with E-state index in [1.165, 1.54) is 0 Å². The molecule has 0 radical (unpaired) electrons. The van der Waals surface area contributed by atoms with Crippen molar-refractivity contribution in [1.82, 2.24) is 0 Å². The summed E-state index contributed by atoms with van der Waals surface area (Å²) in [6.45, 7) is 11.1. The highest BCUT2D eigenvalue weighted by atomic mass is 28.4. The van der Waals surface area contributed by atoms with Crippen LogP contribution in [0, 0.1) is 0 Å². The minimum absolute atomic E-state index is 0.136. The smallest absolute Gasteiger partial charge is 0.310 e. The van der Waals surface area contributed by atoms with Crippen molar-refractivity contribution < 1.29 is 14.3 Å². The summed E-state index contributed by atoms with van der Waals surface area (Å²) in [4.78, 5) is 11.4. The molecule has 0 amide bonds. The zero-order valence-electron chi connectivity index (χ0n) is 13.7. The summed E-state index contributed by atoms with van der Waals surface area (Å²) in [5.74, 6) is -0.192. The van der Waals surface area contributed by atoms with Gasteiger partial charge < -0.3 is 9.53 Å². The summed E-state index contributed by atoms with van der Waals surface area (Å²) in [7, 11) is -1.90. The zero-order chi connectivity index (χ0) is 15.8. The van der Waals surface area contributed by atoms with Gasteiger partial charge in [-0.1, -0.05) is 32.9 Å². The molecule has 4 heteroatoms. The Morgan fingerprint density at radius 3 is 2.57 bits per heavy atom. The van der Waals surface area contributed by atoms with Gasteiger partial charge in [0, 0.05) is 0 Å². The second-order valence-electron chi connectivity index (χ2n) is 7.47. The predicted octanol–water partition coefficient (Wildman–Crippen LogP) is 4.58. The van der Waals surface area contributed by atoms with Crippen LogP contribution in [-0.2, 0) is 11.2 Å². The van der Waals surface area contributed by atoms with E-state index in [1.54, 1.807) is 0 Å². The molecule has 21 heavy (non-hydrogen) atoms. The van der Waals surface area contributed by atoms with Gasteiger partial charge in [-0.05, 0) is 54.6 Å². The first kappa shape index (κ1) is 16.1. The van der Waals surface area contributed by atoms with Crippen LogP contribution in [0.3, 0.4) is 0 Å². The number of rotatable bonds is 3. The molecule has 1 aromatic carbocycles. The van der Waals surface area contributed by atoms with Crippen LogP contribution in [0.1, 0.15) is 50.7 Å². The van der Waals surface area contributed by atoms with E-state index >= 15 is 0 Å².